The second-order valence-corrected chi connectivity index (χ2v) is 7.27. The molecule has 1 aromatic carbocycles. The summed E-state index contributed by atoms with van der Waals surface area (Å²) in [5.74, 6) is -2.25. The fourth-order valence-corrected chi connectivity index (χ4v) is 4.34. The molecule has 2 rings (SSSR count). The average Bonchev–Trinajstić information content (AvgIpc) is 2.39. The smallest absolute Gasteiger partial charge is 0.338 e. The predicted octanol–water partition coefficient (Wildman–Crippen LogP) is 2.88. The van der Waals surface area contributed by atoms with E-state index in [0.29, 0.717) is 0 Å². The highest BCUT2D eigenvalue weighted by atomic mass is 32.2. The molecule has 0 radical (unpaired) electrons. The number of rotatable bonds is 4. The lowest BCUT2D eigenvalue weighted by atomic mass is 9.91. The summed E-state index contributed by atoms with van der Waals surface area (Å²) in [6, 6.07) is 2.95. The zero-order valence-electron chi connectivity index (χ0n) is 11.0. The van der Waals surface area contributed by atoms with Crippen LogP contribution in [-0.2, 0) is 9.84 Å². The molecule has 6 heteroatoms. The monoisotopic (exact) mass is 300 g/mol. The van der Waals surface area contributed by atoms with Crippen LogP contribution >= 0.6 is 0 Å². The van der Waals surface area contributed by atoms with E-state index in [9.17, 15) is 17.6 Å². The fourth-order valence-electron chi connectivity index (χ4n) is 2.62. The van der Waals surface area contributed by atoms with E-state index in [0.717, 1.165) is 50.3 Å². The van der Waals surface area contributed by atoms with Gasteiger partial charge in [0.1, 0.15) is 5.82 Å². The molecule has 1 fully saturated rings. The first kappa shape index (κ1) is 15.0. The number of carboxylic acid groups (broad SMARTS) is 1. The molecule has 0 saturated heterocycles. The van der Waals surface area contributed by atoms with Crippen LogP contribution in [0.3, 0.4) is 0 Å². The lowest BCUT2D eigenvalue weighted by Crippen LogP contribution is -2.19. The summed E-state index contributed by atoms with van der Waals surface area (Å²) in [7, 11) is -3.56. The largest absolute Gasteiger partial charge is 0.478 e. The molecule has 0 bridgehead atoms. The second-order valence-electron chi connectivity index (χ2n) is 5.23. The Morgan fingerprint density at radius 2 is 1.90 bits per heavy atom. The third-order valence-electron chi connectivity index (χ3n) is 3.71. The summed E-state index contributed by atoms with van der Waals surface area (Å²) in [5.41, 5.74) is -0.602. The van der Waals surface area contributed by atoms with E-state index in [1.165, 1.54) is 0 Å². The second kappa shape index (κ2) is 5.91. The molecular formula is C14H17FO4S. The molecule has 1 aliphatic carbocycles. The van der Waals surface area contributed by atoms with Gasteiger partial charge >= 0.3 is 5.97 Å². The van der Waals surface area contributed by atoms with Gasteiger partial charge in [-0.15, -0.1) is 0 Å². The third kappa shape index (κ3) is 3.36. The molecule has 0 unspecified atom stereocenters. The van der Waals surface area contributed by atoms with Gasteiger partial charge in [-0.2, -0.15) is 0 Å². The van der Waals surface area contributed by atoms with Gasteiger partial charge < -0.3 is 5.11 Å². The molecule has 0 spiro atoms. The maximum atomic E-state index is 13.3. The van der Waals surface area contributed by atoms with Crippen molar-refractivity contribution in [2.24, 2.45) is 5.92 Å². The van der Waals surface area contributed by atoms with Gasteiger partial charge in [-0.05, 0) is 37.0 Å². The summed E-state index contributed by atoms with van der Waals surface area (Å²) in [5, 5.41) is 8.84. The number of hydrogen-bond acceptors (Lipinski definition) is 3. The van der Waals surface area contributed by atoms with Gasteiger partial charge in [-0.3, -0.25) is 0 Å². The normalized spacial score (nSPS) is 17.1. The van der Waals surface area contributed by atoms with Crippen LogP contribution in [0.5, 0.6) is 0 Å². The van der Waals surface area contributed by atoms with Crippen LogP contribution in [0.2, 0.25) is 0 Å². The molecule has 1 aliphatic rings. The minimum atomic E-state index is -3.56. The Bertz CT molecular complexity index is 604. The molecule has 1 saturated carbocycles. The predicted molar refractivity (Wildman–Crippen MR) is 72.0 cm³/mol. The summed E-state index contributed by atoms with van der Waals surface area (Å²) in [4.78, 5) is 10.7. The Labute approximate surface area is 117 Å². The Balaban J connectivity index is 2.24. The summed E-state index contributed by atoms with van der Waals surface area (Å²) in [6.45, 7) is 0. The number of aromatic carboxylic acids is 1. The van der Waals surface area contributed by atoms with Gasteiger partial charge in [-0.1, -0.05) is 19.3 Å². The van der Waals surface area contributed by atoms with Gasteiger partial charge in [0.2, 0.25) is 0 Å². The Morgan fingerprint density at radius 3 is 2.50 bits per heavy atom. The van der Waals surface area contributed by atoms with Gasteiger partial charge in [0.25, 0.3) is 0 Å². The SMILES string of the molecule is O=C(O)c1cc(S(=O)(=O)CC2CCCCC2)ccc1F. The highest BCUT2D eigenvalue weighted by Gasteiger charge is 2.24. The summed E-state index contributed by atoms with van der Waals surface area (Å²) >= 11 is 0. The van der Waals surface area contributed by atoms with Gasteiger partial charge in [0, 0.05) is 0 Å². The van der Waals surface area contributed by atoms with Crippen molar-refractivity contribution in [2.45, 2.75) is 37.0 Å². The van der Waals surface area contributed by atoms with E-state index < -0.39 is 27.2 Å². The molecule has 110 valence electrons. The zero-order chi connectivity index (χ0) is 14.8. The van der Waals surface area contributed by atoms with E-state index in [-0.39, 0.29) is 16.6 Å². The maximum Gasteiger partial charge on any atom is 0.338 e. The number of carbonyl (C=O) groups is 1. The van der Waals surface area contributed by atoms with Crippen LogP contribution in [0.15, 0.2) is 23.1 Å². The van der Waals surface area contributed by atoms with Crippen LogP contribution in [0.25, 0.3) is 0 Å². The molecule has 0 atom stereocenters. The number of carboxylic acids is 1. The van der Waals surface area contributed by atoms with Crippen LogP contribution in [-0.4, -0.2) is 25.2 Å². The highest BCUT2D eigenvalue weighted by Crippen LogP contribution is 2.27. The van der Waals surface area contributed by atoms with E-state index in [1.807, 2.05) is 0 Å². The third-order valence-corrected chi connectivity index (χ3v) is 5.59. The van der Waals surface area contributed by atoms with Crippen molar-refractivity contribution < 1.29 is 22.7 Å². The topological polar surface area (TPSA) is 71.4 Å². The first-order valence-corrected chi connectivity index (χ1v) is 8.31. The molecule has 4 nitrogen and oxygen atoms in total. The molecule has 20 heavy (non-hydrogen) atoms. The van der Waals surface area contributed by atoms with E-state index in [1.54, 1.807) is 0 Å². The minimum absolute atomic E-state index is 0.0116. The van der Waals surface area contributed by atoms with Gasteiger partial charge in [0.05, 0.1) is 16.2 Å². The van der Waals surface area contributed by atoms with E-state index >= 15 is 0 Å². The Morgan fingerprint density at radius 1 is 1.25 bits per heavy atom. The minimum Gasteiger partial charge on any atom is -0.478 e. The first-order chi connectivity index (χ1) is 9.40. The standard InChI is InChI=1S/C14H17FO4S/c15-13-7-6-11(8-12(13)14(16)17)20(18,19)9-10-4-2-1-3-5-10/h6-8,10H,1-5,9H2,(H,16,17). The average molecular weight is 300 g/mol. The number of hydrogen-bond donors (Lipinski definition) is 1. The van der Waals surface area contributed by atoms with Crippen molar-refractivity contribution in [2.75, 3.05) is 5.75 Å². The molecule has 1 N–H and O–H groups in total. The van der Waals surface area contributed by atoms with Crippen LogP contribution < -0.4 is 0 Å². The van der Waals surface area contributed by atoms with Crippen molar-refractivity contribution in [3.8, 4) is 0 Å². The summed E-state index contributed by atoms with van der Waals surface area (Å²) < 4.78 is 37.8. The molecule has 0 aliphatic heterocycles. The number of benzene rings is 1. The van der Waals surface area contributed by atoms with Gasteiger partial charge in [0.15, 0.2) is 9.84 Å². The Kier molecular flexibility index (Phi) is 4.42. The van der Waals surface area contributed by atoms with Crippen LogP contribution in [0.4, 0.5) is 4.39 Å². The maximum absolute atomic E-state index is 13.3. The molecule has 1 aromatic rings. The van der Waals surface area contributed by atoms with Crippen molar-refractivity contribution in [1.29, 1.82) is 0 Å². The van der Waals surface area contributed by atoms with Crippen LogP contribution in [0, 0.1) is 11.7 Å². The van der Waals surface area contributed by atoms with E-state index in [4.69, 9.17) is 5.11 Å². The Hall–Kier alpha value is -1.43. The quantitative estimate of drug-likeness (QED) is 0.868. The van der Waals surface area contributed by atoms with Crippen molar-refractivity contribution in [3.05, 3.63) is 29.6 Å². The molecule has 0 aromatic heterocycles. The fraction of sp³-hybridized carbons (Fsp3) is 0.500. The molecular weight excluding hydrogens is 283 g/mol. The van der Waals surface area contributed by atoms with Crippen LogP contribution in [0.1, 0.15) is 42.5 Å². The number of sulfone groups is 1. The first-order valence-electron chi connectivity index (χ1n) is 6.66. The van der Waals surface area contributed by atoms with Crippen molar-refractivity contribution in [3.63, 3.8) is 0 Å². The van der Waals surface area contributed by atoms with Gasteiger partial charge in [-0.25, -0.2) is 17.6 Å². The summed E-state index contributed by atoms with van der Waals surface area (Å²) in [6.07, 6.45) is 4.96. The zero-order valence-corrected chi connectivity index (χ0v) is 11.8. The lowest BCUT2D eigenvalue weighted by molar-refractivity contribution is 0.0691. The van der Waals surface area contributed by atoms with E-state index in [2.05, 4.69) is 0 Å². The lowest BCUT2D eigenvalue weighted by Gasteiger charge is -2.21. The highest BCUT2D eigenvalue weighted by molar-refractivity contribution is 7.91. The number of halogens is 1. The van der Waals surface area contributed by atoms with Crippen molar-refractivity contribution >= 4 is 15.8 Å². The van der Waals surface area contributed by atoms with Crippen molar-refractivity contribution in [1.82, 2.24) is 0 Å². The molecule has 0 amide bonds. The molecule has 0 heterocycles.